The van der Waals surface area contributed by atoms with Crippen LogP contribution in [0.3, 0.4) is 0 Å². The first kappa shape index (κ1) is 13.6. The van der Waals surface area contributed by atoms with Crippen molar-refractivity contribution in [2.24, 2.45) is 0 Å². The zero-order valence-corrected chi connectivity index (χ0v) is 11.6. The van der Waals surface area contributed by atoms with Gasteiger partial charge in [0.2, 0.25) is 0 Å². The number of rotatable bonds is 2. The minimum Gasteiger partial charge on any atom is -0.496 e. The molecule has 0 radical (unpaired) electrons. The molecule has 2 rings (SSSR count). The summed E-state index contributed by atoms with van der Waals surface area (Å²) in [5.74, 6) is -0.669. The van der Waals surface area contributed by atoms with Crippen molar-refractivity contribution in [3.05, 3.63) is 40.5 Å². The fourth-order valence-corrected chi connectivity index (χ4v) is 3.15. The third-order valence-corrected chi connectivity index (χ3v) is 4.62. The molecule has 5 nitrogen and oxygen atoms in total. The van der Waals surface area contributed by atoms with Crippen molar-refractivity contribution in [2.75, 3.05) is 17.7 Å². The molecule has 0 atom stereocenters. The van der Waals surface area contributed by atoms with Crippen molar-refractivity contribution in [3.8, 4) is 0 Å². The molecule has 0 fully saturated rings. The Bertz CT molecular complexity index is 629. The van der Waals surface area contributed by atoms with E-state index in [-0.39, 0.29) is 23.0 Å². The first-order valence-electron chi connectivity index (χ1n) is 5.84. The molecule has 0 unspecified atom stereocenters. The molecule has 0 aliphatic carbocycles. The molecule has 1 aliphatic heterocycles. The van der Waals surface area contributed by atoms with Crippen LogP contribution in [0.25, 0.3) is 0 Å². The fourth-order valence-electron chi connectivity index (χ4n) is 1.82. The fraction of sp³-hybridized carbons (Fsp3) is 0.308. The van der Waals surface area contributed by atoms with E-state index in [0.717, 1.165) is 5.56 Å². The van der Waals surface area contributed by atoms with E-state index in [1.165, 1.54) is 6.92 Å². The standard InChI is InChI=1S/C13H15NO4S/c1-9-3-5-11(6-4-9)14-13(15)12-10(2)18-7-8-19(12,16)17/h3-6H,7-8H2,1-2H3,(H,14,15). The molecule has 0 saturated carbocycles. The summed E-state index contributed by atoms with van der Waals surface area (Å²) in [5, 5.41) is 2.57. The SMILES string of the molecule is CC1=C(C(=O)Nc2ccc(C)cc2)S(=O)(=O)CCO1. The van der Waals surface area contributed by atoms with Gasteiger partial charge in [0.1, 0.15) is 12.4 Å². The molecular formula is C13H15NO4S. The van der Waals surface area contributed by atoms with E-state index in [9.17, 15) is 13.2 Å². The largest absolute Gasteiger partial charge is 0.496 e. The van der Waals surface area contributed by atoms with Gasteiger partial charge in [-0.25, -0.2) is 8.42 Å². The second kappa shape index (κ2) is 5.05. The molecule has 1 heterocycles. The number of anilines is 1. The predicted molar refractivity (Wildman–Crippen MR) is 72.2 cm³/mol. The van der Waals surface area contributed by atoms with E-state index in [4.69, 9.17) is 4.74 Å². The highest BCUT2D eigenvalue weighted by atomic mass is 32.2. The molecule has 19 heavy (non-hydrogen) atoms. The molecule has 1 aromatic rings. The minimum atomic E-state index is -3.56. The lowest BCUT2D eigenvalue weighted by Gasteiger charge is -2.18. The van der Waals surface area contributed by atoms with Crippen molar-refractivity contribution in [3.63, 3.8) is 0 Å². The number of benzene rings is 1. The lowest BCUT2D eigenvalue weighted by molar-refractivity contribution is -0.112. The average molecular weight is 281 g/mol. The molecule has 102 valence electrons. The van der Waals surface area contributed by atoms with E-state index in [2.05, 4.69) is 5.32 Å². The maximum absolute atomic E-state index is 12.1. The number of hydrogen-bond acceptors (Lipinski definition) is 4. The number of sulfone groups is 1. The second-order valence-corrected chi connectivity index (χ2v) is 6.42. The molecule has 1 aliphatic rings. The van der Waals surface area contributed by atoms with Crippen LogP contribution in [0.1, 0.15) is 12.5 Å². The summed E-state index contributed by atoms with van der Waals surface area (Å²) < 4.78 is 28.9. The molecule has 1 amide bonds. The second-order valence-electron chi connectivity index (χ2n) is 4.37. The normalized spacial score (nSPS) is 17.8. The number of amides is 1. The number of hydrogen-bond donors (Lipinski definition) is 1. The van der Waals surface area contributed by atoms with Crippen LogP contribution in [0.2, 0.25) is 0 Å². The van der Waals surface area contributed by atoms with E-state index in [0.29, 0.717) is 5.69 Å². The maximum Gasteiger partial charge on any atom is 0.270 e. The van der Waals surface area contributed by atoms with Crippen LogP contribution in [0.5, 0.6) is 0 Å². The minimum absolute atomic E-state index is 0.0927. The number of carbonyl (C=O) groups is 1. The van der Waals surface area contributed by atoms with Crippen molar-refractivity contribution >= 4 is 21.4 Å². The Morgan fingerprint density at radius 2 is 1.84 bits per heavy atom. The smallest absolute Gasteiger partial charge is 0.270 e. The lowest BCUT2D eigenvalue weighted by Crippen LogP contribution is -2.29. The van der Waals surface area contributed by atoms with E-state index < -0.39 is 15.7 Å². The van der Waals surface area contributed by atoms with Crippen molar-refractivity contribution in [1.29, 1.82) is 0 Å². The van der Waals surface area contributed by atoms with Crippen LogP contribution < -0.4 is 5.32 Å². The zero-order valence-electron chi connectivity index (χ0n) is 10.8. The number of ether oxygens (including phenoxy) is 1. The molecule has 0 aromatic heterocycles. The van der Waals surface area contributed by atoms with Gasteiger partial charge in [-0.2, -0.15) is 0 Å². The van der Waals surface area contributed by atoms with E-state index in [1.54, 1.807) is 12.1 Å². The molecule has 1 aromatic carbocycles. The van der Waals surface area contributed by atoms with Crippen LogP contribution in [-0.4, -0.2) is 26.7 Å². The summed E-state index contributed by atoms with van der Waals surface area (Å²) in [5.41, 5.74) is 1.61. The third kappa shape index (κ3) is 2.96. The van der Waals surface area contributed by atoms with Crippen LogP contribution in [0, 0.1) is 6.92 Å². The summed E-state index contributed by atoms with van der Waals surface area (Å²) in [7, 11) is -3.56. The van der Waals surface area contributed by atoms with Gasteiger partial charge in [-0.05, 0) is 26.0 Å². The van der Waals surface area contributed by atoms with Gasteiger partial charge in [0.15, 0.2) is 14.7 Å². The van der Waals surface area contributed by atoms with Crippen molar-refractivity contribution < 1.29 is 17.9 Å². The Hall–Kier alpha value is -1.82. The summed E-state index contributed by atoms with van der Waals surface area (Å²) in [6, 6.07) is 7.12. The Morgan fingerprint density at radius 1 is 1.21 bits per heavy atom. The van der Waals surface area contributed by atoms with Gasteiger partial charge in [-0.3, -0.25) is 4.79 Å². The molecule has 0 spiro atoms. The summed E-state index contributed by atoms with van der Waals surface area (Å²) >= 11 is 0. The summed E-state index contributed by atoms with van der Waals surface area (Å²) in [4.78, 5) is 11.8. The maximum atomic E-state index is 12.1. The Balaban J connectivity index is 2.27. The quantitative estimate of drug-likeness (QED) is 0.894. The van der Waals surface area contributed by atoms with Gasteiger partial charge < -0.3 is 10.1 Å². The highest BCUT2D eigenvalue weighted by molar-refractivity contribution is 7.96. The van der Waals surface area contributed by atoms with Gasteiger partial charge in [0.25, 0.3) is 5.91 Å². The summed E-state index contributed by atoms with van der Waals surface area (Å²) in [6.45, 7) is 3.51. The number of aryl methyl sites for hydroxylation is 1. The third-order valence-electron chi connectivity index (χ3n) is 2.82. The topological polar surface area (TPSA) is 72.5 Å². The van der Waals surface area contributed by atoms with Gasteiger partial charge in [0, 0.05) is 5.69 Å². The van der Waals surface area contributed by atoms with Crippen LogP contribution in [0.4, 0.5) is 5.69 Å². The highest BCUT2D eigenvalue weighted by Gasteiger charge is 2.32. The van der Waals surface area contributed by atoms with Gasteiger partial charge >= 0.3 is 0 Å². The number of allylic oxidation sites excluding steroid dienone is 1. The van der Waals surface area contributed by atoms with E-state index in [1.807, 2.05) is 19.1 Å². The number of carbonyl (C=O) groups excluding carboxylic acids is 1. The van der Waals surface area contributed by atoms with Crippen LogP contribution in [0.15, 0.2) is 34.9 Å². The van der Waals surface area contributed by atoms with Gasteiger partial charge in [-0.1, -0.05) is 17.7 Å². The predicted octanol–water partition coefficient (Wildman–Crippen LogP) is 1.61. The molecule has 1 N–H and O–H groups in total. The number of nitrogens with one attached hydrogen (secondary N) is 1. The first-order chi connectivity index (χ1) is 8.90. The van der Waals surface area contributed by atoms with Gasteiger partial charge in [0.05, 0.1) is 5.75 Å². The monoisotopic (exact) mass is 281 g/mol. The first-order valence-corrected chi connectivity index (χ1v) is 7.50. The van der Waals surface area contributed by atoms with Crippen molar-refractivity contribution in [1.82, 2.24) is 0 Å². The van der Waals surface area contributed by atoms with Gasteiger partial charge in [-0.15, -0.1) is 0 Å². The van der Waals surface area contributed by atoms with E-state index >= 15 is 0 Å². The highest BCUT2D eigenvalue weighted by Crippen LogP contribution is 2.21. The average Bonchev–Trinajstić information content (AvgIpc) is 2.30. The summed E-state index contributed by atoms with van der Waals surface area (Å²) in [6.07, 6.45) is 0. The Morgan fingerprint density at radius 3 is 2.42 bits per heavy atom. The zero-order chi connectivity index (χ0) is 14.0. The Labute approximate surface area is 112 Å². The Kier molecular flexibility index (Phi) is 3.61. The molecule has 6 heteroatoms. The van der Waals surface area contributed by atoms with Crippen LogP contribution in [-0.2, 0) is 19.4 Å². The molecule has 0 bridgehead atoms. The van der Waals surface area contributed by atoms with Crippen molar-refractivity contribution in [2.45, 2.75) is 13.8 Å². The lowest BCUT2D eigenvalue weighted by atomic mass is 10.2. The van der Waals surface area contributed by atoms with Crippen LogP contribution >= 0.6 is 0 Å². The molecular weight excluding hydrogens is 266 g/mol. The molecule has 0 saturated heterocycles.